The number of likely N-dealkylation sites (tertiary alicyclic amines) is 1. The number of carbonyl (C=O) groups is 1. The fourth-order valence-corrected chi connectivity index (χ4v) is 4.35. The van der Waals surface area contributed by atoms with Crippen LogP contribution in [0.1, 0.15) is 19.0 Å². The van der Waals surface area contributed by atoms with Gasteiger partial charge < -0.3 is 10.0 Å². The van der Waals surface area contributed by atoms with Crippen molar-refractivity contribution in [3.8, 4) is 16.9 Å². The van der Waals surface area contributed by atoms with Gasteiger partial charge in [-0.05, 0) is 60.9 Å². The standard InChI is InChI=1S/C30H33N5O2/c1-24(33(2)29-16-19-34(22-29)21-27-12-15-30(37)20-32-27)31-17-6-7-18-35(23-36)28-13-10-26(11-14-28)25-8-4-3-5-9-25/h3-15,17-18,20,23,29,37H,16,19,21-22H2,1-2H3/b17-6-,18-7+,31-24?. The van der Waals surface area contributed by atoms with E-state index in [0.717, 1.165) is 60.8 Å². The van der Waals surface area contributed by atoms with Gasteiger partial charge in [0.05, 0.1) is 11.9 Å². The Hall–Kier alpha value is -4.23. The minimum atomic E-state index is 0.189. The van der Waals surface area contributed by atoms with Crippen LogP contribution in [0.5, 0.6) is 5.75 Å². The number of likely N-dealkylation sites (N-methyl/N-ethyl adjacent to an activating group) is 1. The van der Waals surface area contributed by atoms with Crippen molar-refractivity contribution in [3.05, 3.63) is 103 Å². The van der Waals surface area contributed by atoms with E-state index in [9.17, 15) is 9.90 Å². The van der Waals surface area contributed by atoms with Crippen molar-refractivity contribution in [1.29, 1.82) is 0 Å². The molecule has 3 aromatic rings. The zero-order chi connectivity index (χ0) is 26.0. The summed E-state index contributed by atoms with van der Waals surface area (Å²) >= 11 is 0. The number of hydrogen-bond donors (Lipinski definition) is 1. The van der Waals surface area contributed by atoms with E-state index in [1.165, 1.54) is 11.1 Å². The molecule has 7 nitrogen and oxygen atoms in total. The number of amidine groups is 1. The molecule has 0 radical (unpaired) electrons. The molecule has 1 atom stereocenters. The second-order valence-corrected chi connectivity index (χ2v) is 9.08. The fourth-order valence-electron chi connectivity index (χ4n) is 4.35. The maximum Gasteiger partial charge on any atom is 0.218 e. The van der Waals surface area contributed by atoms with Gasteiger partial charge >= 0.3 is 0 Å². The number of aromatic hydroxyl groups is 1. The lowest BCUT2D eigenvalue weighted by atomic mass is 10.1. The minimum absolute atomic E-state index is 0.189. The average Bonchev–Trinajstić information content (AvgIpc) is 3.40. The summed E-state index contributed by atoms with van der Waals surface area (Å²) in [7, 11) is 2.07. The lowest BCUT2D eigenvalue weighted by Crippen LogP contribution is -2.37. The maximum atomic E-state index is 11.6. The van der Waals surface area contributed by atoms with Gasteiger partial charge in [0.15, 0.2) is 0 Å². The summed E-state index contributed by atoms with van der Waals surface area (Å²) in [5.41, 5.74) is 4.00. The summed E-state index contributed by atoms with van der Waals surface area (Å²) in [4.78, 5) is 26.6. The SMILES string of the molecule is CC(=N/C=C\C=C\N(C=O)c1ccc(-c2ccccc2)cc1)N(C)C1CCN(Cc2ccc(O)cn2)C1. The molecule has 1 aromatic heterocycles. The zero-order valence-electron chi connectivity index (χ0n) is 21.3. The largest absolute Gasteiger partial charge is 0.506 e. The van der Waals surface area contributed by atoms with Gasteiger partial charge in [-0.1, -0.05) is 42.5 Å². The van der Waals surface area contributed by atoms with E-state index in [-0.39, 0.29) is 5.75 Å². The Morgan fingerprint density at radius 3 is 2.54 bits per heavy atom. The molecule has 1 unspecified atom stereocenters. The van der Waals surface area contributed by atoms with Crippen LogP contribution in [0.25, 0.3) is 11.1 Å². The number of aromatic nitrogens is 1. The molecule has 1 N–H and O–H groups in total. The van der Waals surface area contributed by atoms with Gasteiger partial charge in [0.2, 0.25) is 6.41 Å². The molecule has 0 bridgehead atoms. The van der Waals surface area contributed by atoms with Crippen molar-refractivity contribution in [3.63, 3.8) is 0 Å². The third-order valence-corrected chi connectivity index (χ3v) is 6.59. The Kier molecular flexibility index (Phi) is 8.84. The highest BCUT2D eigenvalue weighted by Crippen LogP contribution is 2.23. The van der Waals surface area contributed by atoms with E-state index >= 15 is 0 Å². The monoisotopic (exact) mass is 495 g/mol. The van der Waals surface area contributed by atoms with E-state index in [4.69, 9.17) is 0 Å². The summed E-state index contributed by atoms with van der Waals surface area (Å²) in [6, 6.07) is 22.0. The molecule has 1 aliphatic heterocycles. The molecule has 0 aliphatic carbocycles. The molecule has 0 saturated carbocycles. The minimum Gasteiger partial charge on any atom is -0.506 e. The highest BCUT2D eigenvalue weighted by molar-refractivity contribution is 5.80. The van der Waals surface area contributed by atoms with Gasteiger partial charge in [0.25, 0.3) is 0 Å². The van der Waals surface area contributed by atoms with Gasteiger partial charge in [0, 0.05) is 50.8 Å². The molecule has 1 saturated heterocycles. The van der Waals surface area contributed by atoms with Gasteiger partial charge in [-0.25, -0.2) is 4.99 Å². The van der Waals surface area contributed by atoms with Crippen molar-refractivity contribution in [2.45, 2.75) is 25.9 Å². The number of allylic oxidation sites excluding steroid dienone is 2. The molecule has 7 heteroatoms. The lowest BCUT2D eigenvalue weighted by Gasteiger charge is -2.26. The number of aliphatic imine (C=N–C) groups is 1. The normalized spacial score (nSPS) is 16.5. The highest BCUT2D eigenvalue weighted by atomic mass is 16.3. The van der Waals surface area contributed by atoms with Crippen molar-refractivity contribution >= 4 is 17.9 Å². The van der Waals surface area contributed by atoms with Crippen LogP contribution in [0, 0.1) is 0 Å². The molecule has 37 heavy (non-hydrogen) atoms. The summed E-state index contributed by atoms with van der Waals surface area (Å²) in [6.45, 7) is 4.71. The van der Waals surface area contributed by atoms with Crippen LogP contribution < -0.4 is 4.90 Å². The molecule has 2 heterocycles. The van der Waals surface area contributed by atoms with Crippen molar-refractivity contribution < 1.29 is 9.90 Å². The van der Waals surface area contributed by atoms with Gasteiger partial charge in [0.1, 0.15) is 11.6 Å². The van der Waals surface area contributed by atoms with Gasteiger partial charge in [-0.2, -0.15) is 0 Å². The first kappa shape index (κ1) is 25.9. The number of carbonyl (C=O) groups excluding carboxylic acids is 1. The maximum absolute atomic E-state index is 11.6. The Labute approximate surface area is 218 Å². The van der Waals surface area contributed by atoms with E-state index in [2.05, 4.69) is 39.0 Å². The summed E-state index contributed by atoms with van der Waals surface area (Å²) in [6.07, 6.45) is 10.4. The van der Waals surface area contributed by atoms with Crippen molar-refractivity contribution in [1.82, 2.24) is 14.8 Å². The number of nitrogens with zero attached hydrogens (tertiary/aromatic N) is 5. The number of benzene rings is 2. The smallest absolute Gasteiger partial charge is 0.218 e. The molecule has 0 spiro atoms. The Bertz CT molecular complexity index is 1240. The predicted molar refractivity (Wildman–Crippen MR) is 149 cm³/mol. The second kappa shape index (κ2) is 12.6. The Morgan fingerprint density at radius 2 is 1.84 bits per heavy atom. The number of pyridine rings is 1. The van der Waals surface area contributed by atoms with Crippen LogP contribution in [-0.4, -0.2) is 58.3 Å². The van der Waals surface area contributed by atoms with Crippen molar-refractivity contribution in [2.75, 3.05) is 25.0 Å². The molecule has 4 rings (SSSR count). The Balaban J connectivity index is 1.28. The summed E-state index contributed by atoms with van der Waals surface area (Å²) < 4.78 is 0. The molecule has 1 fully saturated rings. The van der Waals surface area contributed by atoms with Gasteiger partial charge in [-0.15, -0.1) is 0 Å². The average molecular weight is 496 g/mol. The molecule has 1 aliphatic rings. The van der Waals surface area contributed by atoms with E-state index in [0.29, 0.717) is 6.04 Å². The molecular weight excluding hydrogens is 462 g/mol. The van der Waals surface area contributed by atoms with E-state index < -0.39 is 0 Å². The topological polar surface area (TPSA) is 72.3 Å². The van der Waals surface area contributed by atoms with Crippen molar-refractivity contribution in [2.24, 2.45) is 4.99 Å². The van der Waals surface area contributed by atoms with E-state index in [1.807, 2.05) is 61.5 Å². The van der Waals surface area contributed by atoms with Gasteiger partial charge in [-0.3, -0.25) is 19.6 Å². The number of rotatable bonds is 9. The number of amides is 1. The third-order valence-electron chi connectivity index (χ3n) is 6.59. The first-order chi connectivity index (χ1) is 18.0. The van der Waals surface area contributed by atoms with E-state index in [1.54, 1.807) is 24.5 Å². The summed E-state index contributed by atoms with van der Waals surface area (Å²) in [5, 5.41) is 9.41. The summed E-state index contributed by atoms with van der Waals surface area (Å²) in [5.74, 6) is 1.12. The molecule has 1 amide bonds. The fraction of sp³-hybridized carbons (Fsp3) is 0.233. The Morgan fingerprint density at radius 1 is 1.08 bits per heavy atom. The predicted octanol–water partition coefficient (Wildman–Crippen LogP) is 5.07. The lowest BCUT2D eigenvalue weighted by molar-refractivity contribution is -0.106. The highest BCUT2D eigenvalue weighted by Gasteiger charge is 2.26. The van der Waals surface area contributed by atoms with Crippen LogP contribution in [0.3, 0.4) is 0 Å². The molecular formula is C30H33N5O2. The van der Waals surface area contributed by atoms with Crippen LogP contribution >= 0.6 is 0 Å². The third kappa shape index (κ3) is 7.15. The quantitative estimate of drug-likeness (QED) is 0.194. The number of hydrogen-bond acceptors (Lipinski definition) is 5. The molecule has 190 valence electrons. The number of anilines is 1. The first-order valence-electron chi connectivity index (χ1n) is 12.4. The van der Waals surface area contributed by atoms with Crippen LogP contribution in [0.15, 0.2) is 102 Å². The molecule has 2 aromatic carbocycles. The zero-order valence-corrected chi connectivity index (χ0v) is 21.3. The van der Waals surface area contributed by atoms with Crippen LogP contribution in [0.2, 0.25) is 0 Å². The van der Waals surface area contributed by atoms with Crippen LogP contribution in [0.4, 0.5) is 5.69 Å². The van der Waals surface area contributed by atoms with Crippen LogP contribution in [-0.2, 0) is 11.3 Å². The first-order valence-corrected chi connectivity index (χ1v) is 12.4. The second-order valence-electron chi connectivity index (χ2n) is 9.08.